The molecule has 0 aliphatic carbocycles. The molecule has 2 saturated heterocycles. The molecule has 3 heterocycles. The summed E-state index contributed by atoms with van der Waals surface area (Å²) in [6, 6.07) is 6.81. The van der Waals surface area contributed by atoms with Crippen LogP contribution >= 0.6 is 0 Å². The van der Waals surface area contributed by atoms with Crippen molar-refractivity contribution in [1.82, 2.24) is 9.88 Å². The molecule has 0 radical (unpaired) electrons. The molecular weight excluding hydrogens is 318 g/mol. The number of amides is 1. The summed E-state index contributed by atoms with van der Waals surface area (Å²) in [5.41, 5.74) is 2.54. The van der Waals surface area contributed by atoms with Crippen LogP contribution < -0.4 is 4.90 Å². The van der Waals surface area contributed by atoms with Crippen LogP contribution in [0.3, 0.4) is 0 Å². The zero-order chi connectivity index (χ0) is 17.8. The van der Waals surface area contributed by atoms with Gasteiger partial charge in [-0.05, 0) is 36.0 Å². The topological polar surface area (TPSA) is 58.8 Å². The minimum absolute atomic E-state index is 0.0745. The highest BCUT2D eigenvalue weighted by atomic mass is 16.6. The van der Waals surface area contributed by atoms with Crippen molar-refractivity contribution in [3.63, 3.8) is 0 Å². The number of oxazole rings is 1. The third-order valence-corrected chi connectivity index (χ3v) is 5.19. The Morgan fingerprint density at radius 1 is 1.24 bits per heavy atom. The van der Waals surface area contributed by atoms with Crippen molar-refractivity contribution >= 4 is 23.2 Å². The molecule has 4 rings (SSSR count). The van der Waals surface area contributed by atoms with Crippen LogP contribution in [0.1, 0.15) is 39.2 Å². The van der Waals surface area contributed by atoms with E-state index < -0.39 is 5.60 Å². The molecule has 1 unspecified atom stereocenters. The van der Waals surface area contributed by atoms with Gasteiger partial charge in [-0.1, -0.05) is 26.8 Å². The van der Waals surface area contributed by atoms with Gasteiger partial charge in [-0.3, -0.25) is 0 Å². The molecule has 1 amide bonds. The highest BCUT2D eigenvalue weighted by molar-refractivity contribution is 5.76. The smallest absolute Gasteiger partial charge is 0.410 e. The molecule has 0 N–H and O–H groups in total. The van der Waals surface area contributed by atoms with Gasteiger partial charge in [-0.15, -0.1) is 0 Å². The van der Waals surface area contributed by atoms with Gasteiger partial charge in [0.2, 0.25) is 0 Å². The zero-order valence-electron chi connectivity index (χ0n) is 15.3. The average Bonchev–Trinajstić information content (AvgIpc) is 3.07. The Balaban J connectivity index is 1.62. The standard InChI is InChI=1S/C19H25N3O3/c1-18(2,3)13-6-7-15-14(10-13)20-16(24-15)22-9-5-8-19(12-22)11-21(4)17(23)25-19/h6-7,10H,5,8-9,11-12H2,1-4H3. The number of carbonyl (C=O) groups excluding carboxylic acids is 1. The lowest BCUT2D eigenvalue weighted by molar-refractivity contribution is 0.0436. The number of carbonyl (C=O) groups is 1. The second-order valence-electron chi connectivity index (χ2n) is 8.36. The van der Waals surface area contributed by atoms with Gasteiger partial charge < -0.3 is 19.0 Å². The minimum atomic E-state index is -0.443. The summed E-state index contributed by atoms with van der Waals surface area (Å²) < 4.78 is 11.7. The summed E-state index contributed by atoms with van der Waals surface area (Å²) in [6.45, 7) is 8.68. The fraction of sp³-hybridized carbons (Fsp3) is 0.579. The molecule has 2 aliphatic heterocycles. The van der Waals surface area contributed by atoms with E-state index in [4.69, 9.17) is 14.1 Å². The first-order valence-electron chi connectivity index (χ1n) is 8.86. The second kappa shape index (κ2) is 5.38. The van der Waals surface area contributed by atoms with Crippen molar-refractivity contribution in [3.05, 3.63) is 23.8 Å². The molecule has 2 aliphatic rings. The van der Waals surface area contributed by atoms with Gasteiger partial charge in [0.15, 0.2) is 5.58 Å². The van der Waals surface area contributed by atoms with Gasteiger partial charge in [0.1, 0.15) is 11.1 Å². The predicted molar refractivity (Wildman–Crippen MR) is 96.0 cm³/mol. The Labute approximate surface area is 147 Å². The largest absolute Gasteiger partial charge is 0.439 e. The first-order chi connectivity index (χ1) is 11.8. The molecule has 1 aromatic heterocycles. The van der Waals surface area contributed by atoms with Crippen LogP contribution in [0.4, 0.5) is 10.8 Å². The fourth-order valence-electron chi connectivity index (χ4n) is 3.78. The molecule has 6 heteroatoms. The number of hydrogen-bond acceptors (Lipinski definition) is 5. The third-order valence-electron chi connectivity index (χ3n) is 5.19. The molecule has 2 aromatic rings. The number of nitrogens with zero attached hydrogens (tertiary/aromatic N) is 3. The first-order valence-corrected chi connectivity index (χ1v) is 8.86. The van der Waals surface area contributed by atoms with Crippen LogP contribution in [0.2, 0.25) is 0 Å². The second-order valence-corrected chi connectivity index (χ2v) is 8.36. The number of fused-ring (bicyclic) bond motifs is 1. The maximum atomic E-state index is 11.8. The molecule has 1 atom stereocenters. The van der Waals surface area contributed by atoms with Crippen molar-refractivity contribution in [2.75, 3.05) is 31.6 Å². The quantitative estimate of drug-likeness (QED) is 0.792. The lowest BCUT2D eigenvalue weighted by atomic mass is 9.87. The van der Waals surface area contributed by atoms with Crippen molar-refractivity contribution in [3.8, 4) is 0 Å². The van der Waals surface area contributed by atoms with Crippen LogP contribution in [-0.4, -0.2) is 48.3 Å². The van der Waals surface area contributed by atoms with E-state index in [1.54, 1.807) is 11.9 Å². The van der Waals surface area contributed by atoms with E-state index in [0.29, 0.717) is 19.1 Å². The third kappa shape index (κ3) is 2.83. The molecular formula is C19H25N3O3. The highest BCUT2D eigenvalue weighted by Gasteiger charge is 2.47. The number of anilines is 1. The summed E-state index contributed by atoms with van der Waals surface area (Å²) in [4.78, 5) is 20.3. The molecule has 0 bridgehead atoms. The number of ether oxygens (including phenoxy) is 1. The van der Waals surface area contributed by atoms with Gasteiger partial charge >= 0.3 is 6.09 Å². The number of aromatic nitrogens is 1. The van der Waals surface area contributed by atoms with Crippen LogP contribution in [0.15, 0.2) is 22.6 Å². The number of piperidine rings is 1. The van der Waals surface area contributed by atoms with E-state index in [1.807, 2.05) is 6.07 Å². The van der Waals surface area contributed by atoms with Gasteiger partial charge in [-0.2, -0.15) is 4.98 Å². The summed E-state index contributed by atoms with van der Waals surface area (Å²) >= 11 is 0. The van der Waals surface area contributed by atoms with E-state index >= 15 is 0 Å². The van der Waals surface area contributed by atoms with Crippen LogP contribution in [0.5, 0.6) is 0 Å². The van der Waals surface area contributed by atoms with Crippen molar-refractivity contribution in [1.29, 1.82) is 0 Å². The van der Waals surface area contributed by atoms with Crippen LogP contribution in [-0.2, 0) is 10.2 Å². The summed E-state index contributed by atoms with van der Waals surface area (Å²) in [5, 5.41) is 0. The normalized spacial score (nSPS) is 24.4. The number of benzene rings is 1. The van der Waals surface area contributed by atoms with E-state index in [2.05, 4.69) is 37.8 Å². The minimum Gasteiger partial charge on any atom is -0.439 e. The van der Waals surface area contributed by atoms with E-state index in [1.165, 1.54) is 5.56 Å². The van der Waals surface area contributed by atoms with Crippen LogP contribution in [0.25, 0.3) is 11.1 Å². The maximum absolute atomic E-state index is 11.8. The van der Waals surface area contributed by atoms with Gasteiger partial charge in [0.05, 0.1) is 13.1 Å². The molecule has 1 aromatic carbocycles. The highest BCUT2D eigenvalue weighted by Crippen LogP contribution is 2.35. The van der Waals surface area contributed by atoms with Crippen molar-refractivity contribution in [2.24, 2.45) is 0 Å². The van der Waals surface area contributed by atoms with Gasteiger partial charge in [0, 0.05) is 13.6 Å². The Hall–Kier alpha value is -2.24. The Bertz CT molecular complexity index is 823. The summed E-state index contributed by atoms with van der Waals surface area (Å²) in [7, 11) is 1.78. The average molecular weight is 343 g/mol. The number of likely N-dealkylation sites (N-methyl/N-ethyl adjacent to an activating group) is 1. The fourth-order valence-corrected chi connectivity index (χ4v) is 3.78. The number of hydrogen-bond donors (Lipinski definition) is 0. The zero-order valence-corrected chi connectivity index (χ0v) is 15.3. The van der Waals surface area contributed by atoms with Gasteiger partial charge in [-0.25, -0.2) is 4.79 Å². The summed E-state index contributed by atoms with van der Waals surface area (Å²) in [6.07, 6.45) is 1.59. The molecule has 1 spiro atoms. The van der Waals surface area contributed by atoms with E-state index in [-0.39, 0.29) is 11.5 Å². The Morgan fingerprint density at radius 3 is 2.72 bits per heavy atom. The molecule has 2 fully saturated rings. The molecule has 134 valence electrons. The summed E-state index contributed by atoms with van der Waals surface area (Å²) in [5.74, 6) is 0. The Morgan fingerprint density at radius 2 is 2.04 bits per heavy atom. The SMILES string of the molecule is CN1CC2(CCCN(c3nc4cc(C(C)(C)C)ccc4o3)C2)OC1=O. The molecule has 25 heavy (non-hydrogen) atoms. The van der Waals surface area contributed by atoms with E-state index in [9.17, 15) is 4.79 Å². The monoisotopic (exact) mass is 343 g/mol. The van der Waals surface area contributed by atoms with Crippen LogP contribution in [0, 0.1) is 0 Å². The maximum Gasteiger partial charge on any atom is 0.410 e. The van der Waals surface area contributed by atoms with Crippen molar-refractivity contribution in [2.45, 2.75) is 44.6 Å². The van der Waals surface area contributed by atoms with Crippen molar-refractivity contribution < 1.29 is 13.9 Å². The lowest BCUT2D eigenvalue weighted by Gasteiger charge is -2.37. The first kappa shape index (κ1) is 16.2. The lowest BCUT2D eigenvalue weighted by Crippen LogP contribution is -2.50. The molecule has 6 nitrogen and oxygen atoms in total. The predicted octanol–water partition coefficient (Wildman–Crippen LogP) is 3.55. The number of rotatable bonds is 1. The molecule has 0 saturated carbocycles. The Kier molecular flexibility index (Phi) is 3.49. The van der Waals surface area contributed by atoms with E-state index in [0.717, 1.165) is 30.5 Å². The van der Waals surface area contributed by atoms with Gasteiger partial charge in [0.25, 0.3) is 6.01 Å².